The van der Waals surface area contributed by atoms with Crippen molar-refractivity contribution in [3.63, 3.8) is 0 Å². The molecule has 1 aliphatic rings. The maximum Gasteiger partial charge on any atom is 0.332 e. The van der Waals surface area contributed by atoms with Crippen molar-refractivity contribution < 1.29 is 14.4 Å². The number of hydrogen-bond acceptors (Lipinski definition) is 10. The quantitative estimate of drug-likeness (QED) is 0.196. The van der Waals surface area contributed by atoms with Crippen LogP contribution in [0.3, 0.4) is 0 Å². The summed E-state index contributed by atoms with van der Waals surface area (Å²) < 4.78 is 1.59. The smallest absolute Gasteiger partial charge is 0.332 e. The molecule has 3 aromatic heterocycles. The van der Waals surface area contributed by atoms with Crippen LogP contribution in [0.5, 0.6) is 0 Å². The van der Waals surface area contributed by atoms with Gasteiger partial charge in [0.1, 0.15) is 12.1 Å². The van der Waals surface area contributed by atoms with E-state index in [2.05, 4.69) is 48.2 Å². The molecule has 12 nitrogen and oxygen atoms in total. The fraction of sp³-hybridized carbons (Fsp3) is 0.481. The van der Waals surface area contributed by atoms with Crippen LogP contribution in [0.2, 0.25) is 0 Å². The molecule has 0 saturated heterocycles. The zero-order chi connectivity index (χ0) is 27.3. The first kappa shape index (κ1) is 28.0. The van der Waals surface area contributed by atoms with E-state index in [-0.39, 0.29) is 18.3 Å². The van der Waals surface area contributed by atoms with Gasteiger partial charge in [0.2, 0.25) is 5.91 Å². The maximum atomic E-state index is 12.3. The molecule has 208 valence electrons. The van der Waals surface area contributed by atoms with Crippen LogP contribution in [0.4, 0.5) is 11.6 Å². The zero-order valence-corrected chi connectivity index (χ0v) is 22.4. The highest BCUT2D eigenvalue weighted by Gasteiger charge is 2.12. The highest BCUT2D eigenvalue weighted by Crippen LogP contribution is 2.20. The minimum absolute atomic E-state index is 0.0443. The molecular formula is C27H37N9O3. The van der Waals surface area contributed by atoms with Gasteiger partial charge in [0.15, 0.2) is 11.6 Å². The predicted molar refractivity (Wildman–Crippen MR) is 147 cm³/mol. The number of rotatable bonds is 15. The summed E-state index contributed by atoms with van der Waals surface area (Å²) in [4.78, 5) is 44.1. The van der Waals surface area contributed by atoms with Gasteiger partial charge < -0.3 is 20.4 Å². The Morgan fingerprint density at radius 1 is 1.15 bits per heavy atom. The lowest BCUT2D eigenvalue weighted by Gasteiger charge is -2.22. The highest BCUT2D eigenvalue weighted by molar-refractivity contribution is 5.72. The van der Waals surface area contributed by atoms with Crippen LogP contribution in [-0.2, 0) is 27.3 Å². The van der Waals surface area contributed by atoms with Gasteiger partial charge in [-0.1, -0.05) is 6.07 Å². The number of carbonyl (C=O) groups excluding carboxylic acids is 2. The molecule has 39 heavy (non-hydrogen) atoms. The molecule has 12 heteroatoms. The van der Waals surface area contributed by atoms with Gasteiger partial charge in [-0.05, 0) is 69.3 Å². The van der Waals surface area contributed by atoms with E-state index in [1.165, 1.54) is 18.8 Å². The lowest BCUT2D eigenvalue weighted by Crippen LogP contribution is -2.35. The minimum atomic E-state index is -0.372. The zero-order valence-electron chi connectivity index (χ0n) is 22.4. The molecule has 0 saturated carbocycles. The molecule has 1 aliphatic heterocycles. The summed E-state index contributed by atoms with van der Waals surface area (Å²) in [5, 5.41) is 10.4. The number of nitrogens with zero attached hydrogens (tertiary/aromatic N) is 6. The third kappa shape index (κ3) is 9.32. The van der Waals surface area contributed by atoms with Crippen molar-refractivity contribution in [1.82, 2.24) is 34.9 Å². The van der Waals surface area contributed by atoms with Crippen molar-refractivity contribution in [3.8, 4) is 5.82 Å². The van der Waals surface area contributed by atoms with Crippen LogP contribution in [0.25, 0.3) is 5.82 Å². The number of pyridine rings is 1. The summed E-state index contributed by atoms with van der Waals surface area (Å²) in [6.45, 7) is 5.42. The van der Waals surface area contributed by atoms with Crippen LogP contribution in [0.15, 0.2) is 43.0 Å². The first-order valence-corrected chi connectivity index (χ1v) is 13.5. The molecule has 0 fully saturated rings. The molecule has 4 rings (SSSR count). The van der Waals surface area contributed by atoms with Gasteiger partial charge >= 0.3 is 5.97 Å². The Balaban J connectivity index is 1.17. The standard InChI is InChI=1S/C27H37N9O3/c1-21(37)28-14-18-35(15-3-2-8-23-11-10-22-7-4-12-29-27(22)33-23)16-5-9-26(38)39-34-24-19-25(31-20-30-24)36-17-6-13-32-36/h6,10-11,13,17,19-20H,2-5,7-9,12,14-16,18H2,1H3,(H,28,37)(H,29,33)(H,30,31,34). The molecule has 1 amide bonds. The van der Waals surface area contributed by atoms with Gasteiger partial charge in [0.05, 0.1) is 0 Å². The average molecular weight is 536 g/mol. The molecule has 0 aromatic carbocycles. The van der Waals surface area contributed by atoms with E-state index >= 15 is 0 Å². The Morgan fingerprint density at radius 3 is 2.90 bits per heavy atom. The molecule has 3 N–H and O–H groups in total. The second-order valence-electron chi connectivity index (χ2n) is 9.51. The molecule has 3 aromatic rings. The van der Waals surface area contributed by atoms with Gasteiger partial charge in [-0.15, -0.1) is 0 Å². The fourth-order valence-electron chi connectivity index (χ4n) is 4.41. The molecule has 0 bridgehead atoms. The number of aromatic nitrogens is 5. The first-order valence-electron chi connectivity index (χ1n) is 13.5. The van der Waals surface area contributed by atoms with Crippen molar-refractivity contribution in [2.75, 3.05) is 43.5 Å². The molecular weight excluding hydrogens is 498 g/mol. The van der Waals surface area contributed by atoms with Crippen LogP contribution in [-0.4, -0.2) is 74.2 Å². The van der Waals surface area contributed by atoms with E-state index in [0.717, 1.165) is 69.8 Å². The van der Waals surface area contributed by atoms with Gasteiger partial charge in [0.25, 0.3) is 0 Å². The van der Waals surface area contributed by atoms with Crippen LogP contribution in [0, 0.1) is 0 Å². The van der Waals surface area contributed by atoms with E-state index in [0.29, 0.717) is 24.6 Å². The molecule has 0 spiro atoms. The number of amides is 1. The van der Waals surface area contributed by atoms with Crippen LogP contribution in [0.1, 0.15) is 50.3 Å². The Labute approximate surface area is 228 Å². The van der Waals surface area contributed by atoms with E-state index in [9.17, 15) is 9.59 Å². The number of anilines is 2. The molecule has 4 heterocycles. The Kier molecular flexibility index (Phi) is 10.6. The third-order valence-electron chi connectivity index (χ3n) is 6.43. The SMILES string of the molecule is CC(=O)NCCN(CCCCc1ccc2c(n1)NCCC2)CCCC(=O)ONc1cc(-n2cccn2)ncn1. The topological polar surface area (TPSA) is 139 Å². The Morgan fingerprint density at radius 2 is 2.05 bits per heavy atom. The lowest BCUT2D eigenvalue weighted by molar-refractivity contribution is -0.140. The van der Waals surface area contributed by atoms with Gasteiger partial charge in [-0.2, -0.15) is 5.10 Å². The van der Waals surface area contributed by atoms with Crippen molar-refractivity contribution in [1.29, 1.82) is 0 Å². The summed E-state index contributed by atoms with van der Waals surface area (Å²) in [6.07, 6.45) is 10.9. The van der Waals surface area contributed by atoms with Crippen LogP contribution >= 0.6 is 0 Å². The third-order valence-corrected chi connectivity index (χ3v) is 6.43. The maximum absolute atomic E-state index is 12.3. The van der Waals surface area contributed by atoms with Crippen molar-refractivity contribution in [2.45, 2.75) is 51.9 Å². The summed E-state index contributed by atoms with van der Waals surface area (Å²) in [5.74, 6) is 1.54. The number of aryl methyl sites for hydroxylation is 2. The van der Waals surface area contributed by atoms with Gasteiger partial charge in [-0.25, -0.2) is 29.9 Å². The van der Waals surface area contributed by atoms with Crippen molar-refractivity contribution in [3.05, 3.63) is 54.2 Å². The highest BCUT2D eigenvalue weighted by atomic mass is 16.7. The predicted octanol–water partition coefficient (Wildman–Crippen LogP) is 2.53. The minimum Gasteiger partial charge on any atom is -0.370 e. The summed E-state index contributed by atoms with van der Waals surface area (Å²) >= 11 is 0. The fourth-order valence-corrected chi connectivity index (χ4v) is 4.41. The van der Waals surface area contributed by atoms with Crippen molar-refractivity contribution in [2.24, 2.45) is 0 Å². The molecule has 0 radical (unpaired) electrons. The van der Waals surface area contributed by atoms with Gasteiger partial charge in [0, 0.05) is 57.1 Å². The normalized spacial score (nSPS) is 12.5. The van der Waals surface area contributed by atoms with E-state index in [4.69, 9.17) is 9.82 Å². The number of hydrogen-bond donors (Lipinski definition) is 3. The Bertz CT molecular complexity index is 1200. The summed E-state index contributed by atoms with van der Waals surface area (Å²) in [6, 6.07) is 7.76. The van der Waals surface area contributed by atoms with Crippen molar-refractivity contribution >= 4 is 23.5 Å². The molecule has 0 unspecified atom stereocenters. The van der Waals surface area contributed by atoms with E-state index < -0.39 is 0 Å². The van der Waals surface area contributed by atoms with Crippen LogP contribution < -0.4 is 16.1 Å². The second-order valence-corrected chi connectivity index (χ2v) is 9.51. The molecule has 0 aliphatic carbocycles. The number of nitrogens with one attached hydrogen (secondary N) is 3. The van der Waals surface area contributed by atoms with Gasteiger partial charge in [-0.3, -0.25) is 4.79 Å². The average Bonchev–Trinajstić information content (AvgIpc) is 3.49. The Hall–Kier alpha value is -4.06. The number of fused-ring (bicyclic) bond motifs is 1. The van der Waals surface area contributed by atoms with E-state index in [1.807, 2.05) is 0 Å². The largest absolute Gasteiger partial charge is 0.370 e. The molecule has 0 atom stereocenters. The first-order chi connectivity index (χ1) is 19.1. The second kappa shape index (κ2) is 14.8. The monoisotopic (exact) mass is 535 g/mol. The summed E-state index contributed by atoms with van der Waals surface area (Å²) in [7, 11) is 0. The number of unbranched alkanes of at least 4 members (excludes halogenated alkanes) is 1. The van der Waals surface area contributed by atoms with E-state index in [1.54, 1.807) is 29.2 Å². The summed E-state index contributed by atoms with van der Waals surface area (Å²) in [5.41, 5.74) is 5.01. The number of carbonyl (C=O) groups is 2. The lowest BCUT2D eigenvalue weighted by atomic mass is 10.1.